The minimum absolute atomic E-state index is 0.0604. The highest BCUT2D eigenvalue weighted by atomic mass is 16.5. The van der Waals surface area contributed by atoms with E-state index < -0.39 is 0 Å². The van der Waals surface area contributed by atoms with Crippen LogP contribution in [0.4, 0.5) is 11.4 Å². The molecule has 2 aromatic heterocycles. The maximum Gasteiger partial charge on any atom is 0.265 e. The predicted molar refractivity (Wildman–Crippen MR) is 250 cm³/mol. The number of nitrogens with zero attached hydrogens (tertiary/aromatic N) is 5. The molecule has 1 N–H and O–H groups in total. The van der Waals surface area contributed by atoms with Crippen LogP contribution in [0.5, 0.6) is 11.5 Å². The van der Waals surface area contributed by atoms with Gasteiger partial charge in [-0.1, -0.05) is 91.0 Å². The zero-order chi connectivity index (χ0) is 42.9. The number of aromatic amines is 1. The van der Waals surface area contributed by atoms with E-state index in [0.717, 1.165) is 83.5 Å². The van der Waals surface area contributed by atoms with Crippen LogP contribution in [0.2, 0.25) is 0 Å². The van der Waals surface area contributed by atoms with E-state index in [9.17, 15) is 0 Å². The number of methoxy groups -OCH3 is 1. The van der Waals surface area contributed by atoms with Crippen molar-refractivity contribution in [2.75, 3.05) is 51.8 Å². The SMILES string of the molecule is COc1cc(-n2cc(C(=O)N(c3ccccc3)c3ccc4[nH]ccc4c3)c3ccccc32)c(C(=O)N2Cc3ccccc3C[C@H]2CN2CCN(C)CC2)cc1OCc1ccccc1. The molecule has 6 aromatic carbocycles. The summed E-state index contributed by atoms with van der Waals surface area (Å²) in [6.07, 6.45) is 4.53. The Morgan fingerprint density at radius 3 is 2.25 bits per heavy atom. The summed E-state index contributed by atoms with van der Waals surface area (Å²) in [6.45, 7) is 5.43. The number of hydrogen-bond acceptors (Lipinski definition) is 6. The number of fused-ring (bicyclic) bond motifs is 3. The number of carbonyl (C=O) groups excluding carboxylic acids is 2. The molecule has 1 atom stereocenters. The maximum atomic E-state index is 15.7. The lowest BCUT2D eigenvalue weighted by atomic mass is 9.92. The van der Waals surface area contributed by atoms with Gasteiger partial charge in [-0.05, 0) is 78.7 Å². The average Bonchev–Trinajstić information content (AvgIpc) is 3.97. The largest absolute Gasteiger partial charge is 0.493 e. The molecule has 0 unspecified atom stereocenters. The molecular weight excluding hydrogens is 785 g/mol. The fourth-order valence-electron chi connectivity index (χ4n) is 9.21. The van der Waals surface area contributed by atoms with E-state index in [-0.39, 0.29) is 17.9 Å². The summed E-state index contributed by atoms with van der Waals surface area (Å²) in [6, 6.07) is 47.7. The molecule has 316 valence electrons. The van der Waals surface area contributed by atoms with E-state index in [1.165, 1.54) is 5.56 Å². The molecule has 0 aliphatic carbocycles. The predicted octanol–water partition coefficient (Wildman–Crippen LogP) is 9.49. The van der Waals surface area contributed by atoms with Crippen molar-refractivity contribution in [3.63, 3.8) is 0 Å². The number of amides is 2. The van der Waals surface area contributed by atoms with Crippen LogP contribution >= 0.6 is 0 Å². The van der Waals surface area contributed by atoms with Gasteiger partial charge in [-0.3, -0.25) is 19.4 Å². The Morgan fingerprint density at radius 1 is 0.730 bits per heavy atom. The van der Waals surface area contributed by atoms with Crippen LogP contribution in [-0.2, 0) is 19.6 Å². The van der Waals surface area contributed by atoms with Gasteiger partial charge in [0.15, 0.2) is 11.5 Å². The van der Waals surface area contributed by atoms with Crippen molar-refractivity contribution in [3.8, 4) is 17.2 Å². The topological polar surface area (TPSA) is 86.3 Å². The summed E-state index contributed by atoms with van der Waals surface area (Å²) < 4.78 is 14.5. The highest BCUT2D eigenvalue weighted by molar-refractivity contribution is 6.18. The molecule has 1 saturated heterocycles. The standard InChI is InChI=1S/C53H50N6O4/c1-55-25-27-56(28-26-55)34-43-29-38-15-9-10-16-40(38)33-57(43)52(60)45-31-51(63-36-37-13-5-3-6-14-37)50(62-2)32-49(45)58-35-46(44-19-11-12-20-48(44)58)53(61)59(41-17-7-4-8-18-41)42-21-22-47-39(30-42)23-24-54-47/h3-24,30-32,35,43,54H,25-29,33-34,36H2,1-2H3/t43-/m0/s1. The Bertz CT molecular complexity index is 2920. The molecule has 10 nitrogen and oxygen atoms in total. The average molecular weight is 835 g/mol. The lowest BCUT2D eigenvalue weighted by Gasteiger charge is -2.41. The van der Waals surface area contributed by atoms with Gasteiger partial charge in [0.05, 0.1) is 29.4 Å². The number of piperazine rings is 1. The number of aromatic nitrogens is 2. The van der Waals surface area contributed by atoms with Crippen LogP contribution in [0.1, 0.15) is 37.4 Å². The van der Waals surface area contributed by atoms with Gasteiger partial charge in [0, 0.05) is 91.4 Å². The minimum atomic E-state index is -0.200. The smallest absolute Gasteiger partial charge is 0.265 e. The van der Waals surface area contributed by atoms with Crippen molar-refractivity contribution in [3.05, 3.63) is 186 Å². The van der Waals surface area contributed by atoms with Crippen molar-refractivity contribution in [2.45, 2.75) is 25.6 Å². The quantitative estimate of drug-likeness (QED) is 0.140. The van der Waals surface area contributed by atoms with Gasteiger partial charge in [0.2, 0.25) is 0 Å². The van der Waals surface area contributed by atoms with E-state index >= 15 is 9.59 Å². The number of carbonyl (C=O) groups is 2. The van der Waals surface area contributed by atoms with Gasteiger partial charge in [0.1, 0.15) is 6.61 Å². The summed E-state index contributed by atoms with van der Waals surface area (Å²) in [7, 11) is 3.78. The molecule has 1 fully saturated rings. The molecule has 2 aliphatic heterocycles. The molecule has 63 heavy (non-hydrogen) atoms. The normalized spacial score (nSPS) is 15.7. The van der Waals surface area contributed by atoms with Crippen molar-refractivity contribution in [2.24, 2.45) is 0 Å². The van der Waals surface area contributed by atoms with Crippen LogP contribution in [0, 0.1) is 0 Å². The van der Waals surface area contributed by atoms with Crippen molar-refractivity contribution in [1.82, 2.24) is 24.3 Å². The first-order valence-electron chi connectivity index (χ1n) is 21.7. The number of rotatable bonds is 11. The van der Waals surface area contributed by atoms with Gasteiger partial charge in [-0.25, -0.2) is 0 Å². The molecule has 2 amide bonds. The molecule has 0 bridgehead atoms. The molecule has 0 radical (unpaired) electrons. The van der Waals surface area contributed by atoms with E-state index in [2.05, 4.69) is 51.0 Å². The highest BCUT2D eigenvalue weighted by Gasteiger charge is 2.35. The number of H-pyrrole nitrogens is 1. The Hall–Kier alpha value is -7.14. The van der Waals surface area contributed by atoms with Crippen molar-refractivity contribution < 1.29 is 19.1 Å². The Labute approximate surface area is 367 Å². The summed E-state index contributed by atoms with van der Waals surface area (Å²) in [5.74, 6) is 0.632. The number of likely N-dealkylation sites (N-methyl/N-ethyl adjacent to an activating group) is 1. The lowest BCUT2D eigenvalue weighted by Crippen LogP contribution is -2.53. The van der Waals surface area contributed by atoms with E-state index in [1.807, 2.05) is 138 Å². The first kappa shape index (κ1) is 40.0. The van der Waals surface area contributed by atoms with Crippen LogP contribution in [0.15, 0.2) is 158 Å². The van der Waals surface area contributed by atoms with Gasteiger partial charge >= 0.3 is 0 Å². The number of para-hydroxylation sites is 2. The first-order chi connectivity index (χ1) is 30.9. The number of ether oxygens (including phenoxy) is 2. The van der Waals surface area contributed by atoms with E-state index in [0.29, 0.717) is 41.5 Å². The second-order valence-corrected chi connectivity index (χ2v) is 16.6. The summed E-state index contributed by atoms with van der Waals surface area (Å²) in [4.78, 5) is 42.9. The zero-order valence-corrected chi connectivity index (χ0v) is 35.6. The van der Waals surface area contributed by atoms with Gasteiger partial charge < -0.3 is 28.8 Å². The lowest BCUT2D eigenvalue weighted by molar-refractivity contribution is 0.0535. The summed E-state index contributed by atoms with van der Waals surface area (Å²) >= 11 is 0. The van der Waals surface area contributed by atoms with Crippen LogP contribution < -0.4 is 14.4 Å². The van der Waals surface area contributed by atoms with Crippen molar-refractivity contribution in [1.29, 1.82) is 0 Å². The minimum Gasteiger partial charge on any atom is -0.493 e. The summed E-state index contributed by atoms with van der Waals surface area (Å²) in [5, 5.41) is 1.76. The Morgan fingerprint density at radius 2 is 1.46 bits per heavy atom. The third-order valence-corrected chi connectivity index (χ3v) is 12.6. The molecule has 10 rings (SSSR count). The van der Waals surface area contributed by atoms with E-state index in [1.54, 1.807) is 12.0 Å². The van der Waals surface area contributed by atoms with Crippen LogP contribution in [0.25, 0.3) is 27.5 Å². The Kier molecular flexibility index (Phi) is 11.0. The third kappa shape index (κ3) is 7.95. The first-order valence-corrected chi connectivity index (χ1v) is 21.7. The molecule has 2 aliphatic rings. The van der Waals surface area contributed by atoms with Crippen LogP contribution in [-0.4, -0.2) is 89.0 Å². The molecule has 10 heteroatoms. The van der Waals surface area contributed by atoms with Gasteiger partial charge in [-0.2, -0.15) is 0 Å². The zero-order valence-electron chi connectivity index (χ0n) is 35.6. The number of nitrogens with one attached hydrogen (secondary N) is 1. The molecular formula is C53H50N6O4. The van der Waals surface area contributed by atoms with Crippen molar-refractivity contribution >= 4 is 45.0 Å². The second kappa shape index (κ2) is 17.3. The monoisotopic (exact) mass is 834 g/mol. The number of benzene rings is 6. The van der Waals surface area contributed by atoms with Gasteiger partial charge in [0.25, 0.3) is 11.8 Å². The van der Waals surface area contributed by atoms with Gasteiger partial charge in [-0.15, -0.1) is 0 Å². The fourth-order valence-corrected chi connectivity index (χ4v) is 9.21. The number of hydrogen-bond donors (Lipinski definition) is 1. The van der Waals surface area contributed by atoms with Crippen LogP contribution in [0.3, 0.4) is 0 Å². The molecule has 0 spiro atoms. The highest BCUT2D eigenvalue weighted by Crippen LogP contribution is 2.39. The van der Waals surface area contributed by atoms with E-state index in [4.69, 9.17) is 9.47 Å². The second-order valence-electron chi connectivity index (χ2n) is 16.6. The summed E-state index contributed by atoms with van der Waals surface area (Å²) in [5.41, 5.74) is 8.21. The Balaban J connectivity index is 1.11. The molecule has 4 heterocycles. The maximum absolute atomic E-state index is 15.7. The number of anilines is 2. The molecule has 8 aromatic rings. The molecule has 0 saturated carbocycles. The fraction of sp³-hybridized carbons (Fsp3) is 0.208. The third-order valence-electron chi connectivity index (χ3n) is 12.6.